The standard InChI is InChI=1S/C19H23N3O3/c1-21(10-15-25-16-6-3-2-4-7-16)19(23)17-8-5-9-20-18(17)22-11-13-24-14-12-22/h2-9H,10-15H2,1H3. The minimum absolute atomic E-state index is 0.0498. The summed E-state index contributed by atoms with van der Waals surface area (Å²) in [5.74, 6) is 1.48. The highest BCUT2D eigenvalue weighted by Gasteiger charge is 2.21. The second-order valence-electron chi connectivity index (χ2n) is 5.86. The molecule has 1 aliphatic rings. The molecule has 1 fully saturated rings. The van der Waals surface area contributed by atoms with Gasteiger partial charge in [0.25, 0.3) is 5.91 Å². The summed E-state index contributed by atoms with van der Waals surface area (Å²) in [6, 6.07) is 13.2. The van der Waals surface area contributed by atoms with Crippen LogP contribution >= 0.6 is 0 Å². The molecule has 2 aromatic rings. The number of amides is 1. The van der Waals surface area contributed by atoms with Gasteiger partial charge in [0, 0.05) is 26.3 Å². The number of aromatic nitrogens is 1. The Labute approximate surface area is 148 Å². The van der Waals surface area contributed by atoms with E-state index in [0.29, 0.717) is 31.9 Å². The lowest BCUT2D eigenvalue weighted by Crippen LogP contribution is -2.39. The third kappa shape index (κ3) is 4.48. The summed E-state index contributed by atoms with van der Waals surface area (Å²) in [6.07, 6.45) is 1.72. The number of morpholine rings is 1. The number of anilines is 1. The molecular formula is C19H23N3O3. The lowest BCUT2D eigenvalue weighted by Gasteiger charge is -2.29. The molecule has 6 heteroatoms. The van der Waals surface area contributed by atoms with Crippen molar-refractivity contribution in [2.45, 2.75) is 0 Å². The molecule has 0 N–H and O–H groups in total. The molecule has 0 saturated carbocycles. The van der Waals surface area contributed by atoms with E-state index in [0.717, 1.165) is 24.7 Å². The number of carbonyl (C=O) groups excluding carboxylic acids is 1. The molecule has 1 aromatic heterocycles. The molecule has 1 aliphatic heterocycles. The molecule has 2 heterocycles. The van der Waals surface area contributed by atoms with Crippen molar-refractivity contribution in [3.05, 3.63) is 54.2 Å². The molecule has 0 unspecified atom stereocenters. The van der Waals surface area contributed by atoms with Crippen LogP contribution in [0.3, 0.4) is 0 Å². The number of likely N-dealkylation sites (N-methyl/N-ethyl adjacent to an activating group) is 1. The van der Waals surface area contributed by atoms with E-state index in [1.807, 2.05) is 36.4 Å². The second kappa shape index (κ2) is 8.48. The Hall–Kier alpha value is -2.60. The zero-order valence-electron chi connectivity index (χ0n) is 14.4. The van der Waals surface area contributed by atoms with Crippen molar-refractivity contribution in [2.24, 2.45) is 0 Å². The monoisotopic (exact) mass is 341 g/mol. The van der Waals surface area contributed by atoms with Gasteiger partial charge in [-0.25, -0.2) is 4.98 Å². The Morgan fingerprint density at radius 2 is 1.96 bits per heavy atom. The van der Waals surface area contributed by atoms with Gasteiger partial charge in [-0.3, -0.25) is 4.79 Å². The largest absolute Gasteiger partial charge is 0.492 e. The highest BCUT2D eigenvalue weighted by atomic mass is 16.5. The van der Waals surface area contributed by atoms with Gasteiger partial charge in [-0.2, -0.15) is 0 Å². The molecule has 0 radical (unpaired) electrons. The SMILES string of the molecule is CN(CCOc1ccccc1)C(=O)c1cccnc1N1CCOCC1. The highest BCUT2D eigenvalue weighted by molar-refractivity contribution is 5.98. The van der Waals surface area contributed by atoms with Crippen LogP contribution in [0.1, 0.15) is 10.4 Å². The van der Waals surface area contributed by atoms with Crippen molar-refractivity contribution < 1.29 is 14.3 Å². The smallest absolute Gasteiger partial charge is 0.257 e. The highest BCUT2D eigenvalue weighted by Crippen LogP contribution is 2.20. The summed E-state index contributed by atoms with van der Waals surface area (Å²) in [7, 11) is 1.78. The average Bonchev–Trinajstić information content (AvgIpc) is 2.69. The van der Waals surface area contributed by atoms with Gasteiger partial charge in [-0.15, -0.1) is 0 Å². The number of nitrogens with zero attached hydrogens (tertiary/aromatic N) is 3. The minimum Gasteiger partial charge on any atom is -0.492 e. The van der Waals surface area contributed by atoms with Crippen molar-refractivity contribution in [1.29, 1.82) is 0 Å². The first kappa shape index (κ1) is 17.2. The summed E-state index contributed by atoms with van der Waals surface area (Å²) in [5, 5.41) is 0. The fraction of sp³-hybridized carbons (Fsp3) is 0.368. The van der Waals surface area contributed by atoms with Crippen LogP contribution in [0.4, 0.5) is 5.82 Å². The lowest BCUT2D eigenvalue weighted by molar-refractivity contribution is 0.0772. The maximum atomic E-state index is 12.8. The predicted octanol–water partition coefficient (Wildman–Crippen LogP) is 2.07. The minimum atomic E-state index is -0.0498. The summed E-state index contributed by atoms with van der Waals surface area (Å²) in [6.45, 7) is 3.76. The molecule has 0 spiro atoms. The number of hydrogen-bond acceptors (Lipinski definition) is 5. The number of benzene rings is 1. The van der Waals surface area contributed by atoms with E-state index in [-0.39, 0.29) is 5.91 Å². The number of para-hydroxylation sites is 1. The van der Waals surface area contributed by atoms with Crippen LogP contribution in [0.25, 0.3) is 0 Å². The Morgan fingerprint density at radius 1 is 1.20 bits per heavy atom. The van der Waals surface area contributed by atoms with Crippen molar-refractivity contribution in [3.8, 4) is 5.75 Å². The van der Waals surface area contributed by atoms with Crippen LogP contribution in [-0.4, -0.2) is 62.3 Å². The molecule has 0 bridgehead atoms. The molecule has 1 amide bonds. The van der Waals surface area contributed by atoms with Gasteiger partial charge in [0.05, 0.1) is 25.3 Å². The van der Waals surface area contributed by atoms with Crippen LogP contribution in [0.2, 0.25) is 0 Å². The van der Waals surface area contributed by atoms with Crippen LogP contribution in [0, 0.1) is 0 Å². The van der Waals surface area contributed by atoms with Crippen LogP contribution in [-0.2, 0) is 4.74 Å². The summed E-state index contributed by atoms with van der Waals surface area (Å²) in [4.78, 5) is 21.0. The molecule has 3 rings (SSSR count). The first-order valence-electron chi connectivity index (χ1n) is 8.47. The third-order valence-electron chi connectivity index (χ3n) is 4.11. The topological polar surface area (TPSA) is 54.9 Å². The van der Waals surface area contributed by atoms with E-state index in [2.05, 4.69) is 9.88 Å². The number of ether oxygens (including phenoxy) is 2. The molecule has 25 heavy (non-hydrogen) atoms. The summed E-state index contributed by atoms with van der Waals surface area (Å²) < 4.78 is 11.1. The van der Waals surface area contributed by atoms with Crippen molar-refractivity contribution in [1.82, 2.24) is 9.88 Å². The van der Waals surface area contributed by atoms with E-state index in [1.54, 1.807) is 24.2 Å². The number of hydrogen-bond donors (Lipinski definition) is 0. The normalized spacial score (nSPS) is 14.2. The van der Waals surface area contributed by atoms with Gasteiger partial charge in [-0.05, 0) is 24.3 Å². The zero-order valence-corrected chi connectivity index (χ0v) is 14.4. The van der Waals surface area contributed by atoms with Gasteiger partial charge in [-0.1, -0.05) is 18.2 Å². The molecule has 1 saturated heterocycles. The maximum Gasteiger partial charge on any atom is 0.257 e. The summed E-state index contributed by atoms with van der Waals surface area (Å²) in [5.41, 5.74) is 0.617. The van der Waals surface area contributed by atoms with Gasteiger partial charge in [0.15, 0.2) is 0 Å². The molecule has 6 nitrogen and oxygen atoms in total. The van der Waals surface area contributed by atoms with Crippen molar-refractivity contribution >= 4 is 11.7 Å². The van der Waals surface area contributed by atoms with Gasteiger partial charge >= 0.3 is 0 Å². The number of pyridine rings is 1. The summed E-state index contributed by atoms with van der Waals surface area (Å²) >= 11 is 0. The third-order valence-corrected chi connectivity index (χ3v) is 4.11. The lowest BCUT2D eigenvalue weighted by atomic mass is 10.2. The van der Waals surface area contributed by atoms with Crippen molar-refractivity contribution in [3.63, 3.8) is 0 Å². The van der Waals surface area contributed by atoms with Gasteiger partial charge < -0.3 is 19.3 Å². The Kier molecular flexibility index (Phi) is 5.85. The van der Waals surface area contributed by atoms with E-state index in [1.165, 1.54) is 0 Å². The molecular weight excluding hydrogens is 318 g/mol. The van der Waals surface area contributed by atoms with Crippen LogP contribution in [0.15, 0.2) is 48.7 Å². The number of carbonyl (C=O) groups is 1. The van der Waals surface area contributed by atoms with E-state index in [9.17, 15) is 4.79 Å². The van der Waals surface area contributed by atoms with Gasteiger partial charge in [0.1, 0.15) is 18.2 Å². The Morgan fingerprint density at radius 3 is 2.72 bits per heavy atom. The van der Waals surface area contributed by atoms with Crippen LogP contribution in [0.5, 0.6) is 5.75 Å². The fourth-order valence-electron chi connectivity index (χ4n) is 2.72. The average molecular weight is 341 g/mol. The Balaban J connectivity index is 1.61. The maximum absolute atomic E-state index is 12.8. The molecule has 1 aromatic carbocycles. The van der Waals surface area contributed by atoms with Gasteiger partial charge in [0.2, 0.25) is 0 Å². The quantitative estimate of drug-likeness (QED) is 0.805. The first-order chi connectivity index (χ1) is 12.3. The zero-order chi connectivity index (χ0) is 17.5. The van der Waals surface area contributed by atoms with E-state index < -0.39 is 0 Å². The van der Waals surface area contributed by atoms with E-state index in [4.69, 9.17) is 9.47 Å². The van der Waals surface area contributed by atoms with E-state index >= 15 is 0 Å². The second-order valence-corrected chi connectivity index (χ2v) is 5.86. The molecule has 132 valence electrons. The van der Waals surface area contributed by atoms with Crippen LogP contribution < -0.4 is 9.64 Å². The predicted molar refractivity (Wildman–Crippen MR) is 96.2 cm³/mol. The first-order valence-corrected chi connectivity index (χ1v) is 8.47. The van der Waals surface area contributed by atoms with Crippen molar-refractivity contribution in [2.75, 3.05) is 51.4 Å². The Bertz CT molecular complexity index is 687. The molecule has 0 atom stereocenters. The molecule has 0 aliphatic carbocycles. The number of rotatable bonds is 6. The fourth-order valence-corrected chi connectivity index (χ4v) is 2.72.